The molecule has 0 unspecified atom stereocenters. The van der Waals surface area contributed by atoms with Crippen LogP contribution in [0.3, 0.4) is 0 Å². The summed E-state index contributed by atoms with van der Waals surface area (Å²) in [5.74, 6) is -0.720. The molecule has 0 radical (unpaired) electrons. The van der Waals surface area contributed by atoms with E-state index in [4.69, 9.17) is 10.9 Å². The summed E-state index contributed by atoms with van der Waals surface area (Å²) in [7, 11) is -3.44. The molecule has 0 aliphatic carbocycles. The van der Waals surface area contributed by atoms with Crippen LogP contribution in [-0.2, 0) is 14.8 Å². The van der Waals surface area contributed by atoms with Crippen molar-refractivity contribution in [2.24, 2.45) is 10.9 Å². The number of hydrogen-bond acceptors (Lipinski definition) is 3. The van der Waals surface area contributed by atoms with E-state index >= 15 is 0 Å². The third kappa shape index (κ3) is 5.87. The summed E-state index contributed by atoms with van der Waals surface area (Å²) in [6.45, 7) is 1.52. The Bertz CT molecular complexity index is 292. The number of sulfonamides is 1. The molecule has 0 fully saturated rings. The maximum atomic E-state index is 10.4. The number of carbonyl (C=O) groups excluding carboxylic acids is 1. The summed E-state index contributed by atoms with van der Waals surface area (Å²) in [6.07, 6.45) is 1.67. The highest BCUT2D eigenvalue weighted by atomic mass is 32.2. The van der Waals surface area contributed by atoms with Gasteiger partial charge in [0.15, 0.2) is 0 Å². The first-order valence-corrected chi connectivity index (χ1v) is 5.01. The lowest BCUT2D eigenvalue weighted by atomic mass is 10.2. The number of amides is 1. The van der Waals surface area contributed by atoms with E-state index in [-0.39, 0.29) is 12.2 Å². The van der Waals surface area contributed by atoms with Crippen LogP contribution in [0.2, 0.25) is 0 Å². The van der Waals surface area contributed by atoms with Gasteiger partial charge in [0, 0.05) is 5.57 Å². The number of primary amides is 1. The van der Waals surface area contributed by atoms with Gasteiger partial charge in [-0.05, 0) is 13.3 Å². The highest BCUT2D eigenvalue weighted by Gasteiger charge is 2.01. The first-order valence-electron chi connectivity index (χ1n) is 3.30. The molecule has 70 valence electrons. The van der Waals surface area contributed by atoms with E-state index in [0.717, 1.165) is 0 Å². The van der Waals surface area contributed by atoms with Crippen molar-refractivity contribution in [3.05, 3.63) is 11.6 Å². The second-order valence-electron chi connectivity index (χ2n) is 2.41. The average molecular weight is 192 g/mol. The van der Waals surface area contributed by atoms with Gasteiger partial charge in [0.25, 0.3) is 0 Å². The molecule has 0 aliphatic heterocycles. The summed E-state index contributed by atoms with van der Waals surface area (Å²) >= 11 is 0. The second-order valence-corrected chi connectivity index (χ2v) is 4.14. The normalized spacial score (nSPS) is 13.0. The predicted molar refractivity (Wildman–Crippen MR) is 45.5 cm³/mol. The van der Waals surface area contributed by atoms with Crippen LogP contribution in [0.15, 0.2) is 11.6 Å². The second kappa shape index (κ2) is 4.22. The van der Waals surface area contributed by atoms with E-state index in [1.165, 1.54) is 13.0 Å². The zero-order valence-electron chi connectivity index (χ0n) is 6.78. The van der Waals surface area contributed by atoms with Crippen LogP contribution in [0, 0.1) is 0 Å². The maximum Gasteiger partial charge on any atom is 0.244 e. The molecule has 0 spiro atoms. The van der Waals surface area contributed by atoms with Crippen molar-refractivity contribution < 1.29 is 13.2 Å². The van der Waals surface area contributed by atoms with E-state index in [0.29, 0.717) is 5.57 Å². The van der Waals surface area contributed by atoms with Gasteiger partial charge in [-0.25, -0.2) is 13.6 Å². The minimum Gasteiger partial charge on any atom is -0.366 e. The SMILES string of the molecule is CC(=CCCS(N)(=O)=O)C(N)=O. The molecule has 4 N–H and O–H groups in total. The third-order valence-corrected chi connectivity index (χ3v) is 2.05. The summed E-state index contributed by atoms with van der Waals surface area (Å²) in [5.41, 5.74) is 5.24. The molecule has 0 aliphatic rings. The van der Waals surface area contributed by atoms with E-state index in [1.54, 1.807) is 0 Å². The van der Waals surface area contributed by atoms with Gasteiger partial charge in [0.2, 0.25) is 15.9 Å². The molecule has 12 heavy (non-hydrogen) atoms. The number of nitrogens with two attached hydrogens (primary N) is 2. The van der Waals surface area contributed by atoms with E-state index in [1.807, 2.05) is 0 Å². The topological polar surface area (TPSA) is 103 Å². The number of rotatable bonds is 4. The van der Waals surface area contributed by atoms with Crippen molar-refractivity contribution in [3.8, 4) is 0 Å². The monoisotopic (exact) mass is 192 g/mol. The molecule has 0 aromatic heterocycles. The number of carbonyl (C=O) groups is 1. The molecular formula is C6H12N2O3S. The third-order valence-electron chi connectivity index (χ3n) is 1.24. The molecule has 0 bridgehead atoms. The highest BCUT2D eigenvalue weighted by Crippen LogP contribution is 1.95. The molecule has 5 nitrogen and oxygen atoms in total. The largest absolute Gasteiger partial charge is 0.366 e. The Balaban J connectivity index is 4.00. The predicted octanol–water partition coefficient (Wildman–Crippen LogP) is -0.903. The minimum absolute atomic E-state index is 0.169. The smallest absolute Gasteiger partial charge is 0.244 e. The zero-order valence-corrected chi connectivity index (χ0v) is 7.60. The van der Waals surface area contributed by atoms with Crippen molar-refractivity contribution >= 4 is 15.9 Å². The first-order chi connectivity index (χ1) is 5.33. The van der Waals surface area contributed by atoms with Crippen molar-refractivity contribution in [3.63, 3.8) is 0 Å². The summed E-state index contributed by atoms with van der Waals surface area (Å²) in [4.78, 5) is 10.4. The molecule has 0 aromatic carbocycles. The van der Waals surface area contributed by atoms with Gasteiger partial charge in [0.05, 0.1) is 5.75 Å². The molecule has 0 rings (SSSR count). The van der Waals surface area contributed by atoms with E-state index in [2.05, 4.69) is 0 Å². The van der Waals surface area contributed by atoms with Crippen molar-refractivity contribution in [1.29, 1.82) is 0 Å². The van der Waals surface area contributed by atoms with Crippen molar-refractivity contribution in [2.45, 2.75) is 13.3 Å². The Kier molecular flexibility index (Phi) is 3.91. The van der Waals surface area contributed by atoms with Crippen LogP contribution in [0.5, 0.6) is 0 Å². The highest BCUT2D eigenvalue weighted by molar-refractivity contribution is 7.89. The van der Waals surface area contributed by atoms with Crippen LogP contribution in [0.1, 0.15) is 13.3 Å². The quantitative estimate of drug-likeness (QED) is 0.564. The molecular weight excluding hydrogens is 180 g/mol. The van der Waals surface area contributed by atoms with Crippen LogP contribution >= 0.6 is 0 Å². The lowest BCUT2D eigenvalue weighted by Crippen LogP contribution is -2.16. The maximum absolute atomic E-state index is 10.4. The zero-order chi connectivity index (χ0) is 9.78. The van der Waals surface area contributed by atoms with Gasteiger partial charge in [-0.1, -0.05) is 6.08 Å². The summed E-state index contributed by atoms with van der Waals surface area (Å²) < 4.78 is 20.8. The van der Waals surface area contributed by atoms with E-state index < -0.39 is 15.9 Å². The van der Waals surface area contributed by atoms with Gasteiger partial charge in [0.1, 0.15) is 0 Å². The number of hydrogen-bond donors (Lipinski definition) is 2. The van der Waals surface area contributed by atoms with E-state index in [9.17, 15) is 13.2 Å². The average Bonchev–Trinajstić information content (AvgIpc) is 1.84. The van der Waals surface area contributed by atoms with Crippen LogP contribution < -0.4 is 10.9 Å². The van der Waals surface area contributed by atoms with Crippen LogP contribution in [0.4, 0.5) is 0 Å². The fourth-order valence-corrected chi connectivity index (χ4v) is 0.987. The number of primary sulfonamides is 1. The summed E-state index contributed by atoms with van der Waals surface area (Å²) in [6, 6.07) is 0. The fraction of sp³-hybridized carbons (Fsp3) is 0.500. The van der Waals surface area contributed by atoms with Gasteiger partial charge < -0.3 is 5.73 Å². The number of allylic oxidation sites excluding steroid dienone is 1. The fourth-order valence-electron chi connectivity index (χ4n) is 0.540. The standard InChI is InChI=1S/C6H12N2O3S/c1-5(6(7)9)3-2-4-12(8,10)11/h3H,2,4H2,1H3,(H2,7,9)(H2,8,10,11). The Morgan fingerprint density at radius 1 is 1.50 bits per heavy atom. The lowest BCUT2D eigenvalue weighted by Gasteiger charge is -1.94. The Hall–Kier alpha value is -0.880. The molecule has 0 aromatic rings. The Labute approximate surface area is 71.5 Å². The van der Waals surface area contributed by atoms with Crippen molar-refractivity contribution in [1.82, 2.24) is 0 Å². The molecule has 0 saturated carbocycles. The van der Waals surface area contributed by atoms with Crippen molar-refractivity contribution in [2.75, 3.05) is 5.75 Å². The molecule has 0 heterocycles. The Morgan fingerprint density at radius 3 is 2.33 bits per heavy atom. The molecule has 0 atom stereocenters. The minimum atomic E-state index is -3.44. The van der Waals surface area contributed by atoms with Gasteiger partial charge in [-0.3, -0.25) is 4.79 Å². The van der Waals surface area contributed by atoms with Gasteiger partial charge in [-0.15, -0.1) is 0 Å². The molecule has 6 heteroatoms. The van der Waals surface area contributed by atoms with Gasteiger partial charge in [-0.2, -0.15) is 0 Å². The lowest BCUT2D eigenvalue weighted by molar-refractivity contribution is -0.114. The van der Waals surface area contributed by atoms with Crippen LogP contribution in [0.25, 0.3) is 0 Å². The van der Waals surface area contributed by atoms with Gasteiger partial charge >= 0.3 is 0 Å². The summed E-state index contributed by atoms with van der Waals surface area (Å²) in [5, 5.41) is 4.72. The molecule has 0 saturated heterocycles. The first kappa shape index (κ1) is 11.1. The van der Waals surface area contributed by atoms with Crippen LogP contribution in [-0.4, -0.2) is 20.1 Å². The molecule has 1 amide bonds. The Morgan fingerprint density at radius 2 is 2.00 bits per heavy atom.